The van der Waals surface area contributed by atoms with Crippen molar-refractivity contribution in [3.05, 3.63) is 59.2 Å². The van der Waals surface area contributed by atoms with Gasteiger partial charge < -0.3 is 20.1 Å². The molecular weight excluding hydrogens is 332 g/mol. The molecule has 0 bridgehead atoms. The monoisotopic (exact) mass is 356 g/mol. The molecule has 0 aliphatic rings. The Labute approximate surface area is 153 Å². The second-order valence-corrected chi connectivity index (χ2v) is 6.08. The lowest BCUT2D eigenvalue weighted by Crippen LogP contribution is -2.30. The fraction of sp³-hybridized carbons (Fsp3) is 0.300. The molecule has 2 amide bonds. The van der Waals surface area contributed by atoms with Crippen molar-refractivity contribution in [3.8, 4) is 11.5 Å². The van der Waals surface area contributed by atoms with Crippen LogP contribution in [0.1, 0.15) is 40.1 Å². The van der Waals surface area contributed by atoms with Crippen LogP contribution in [0.15, 0.2) is 42.5 Å². The highest BCUT2D eigenvalue weighted by atomic mass is 16.5. The summed E-state index contributed by atoms with van der Waals surface area (Å²) in [5.74, 6) is 0.880. The van der Waals surface area contributed by atoms with E-state index in [4.69, 9.17) is 9.47 Å². The molecule has 2 N–H and O–H groups in total. The van der Waals surface area contributed by atoms with Crippen molar-refractivity contribution in [2.75, 3.05) is 14.2 Å². The number of carbonyl (C=O) groups is 2. The predicted molar refractivity (Wildman–Crippen MR) is 99.8 cm³/mol. The molecule has 2 aromatic carbocycles. The maximum atomic E-state index is 12.3. The van der Waals surface area contributed by atoms with Crippen LogP contribution in [0.2, 0.25) is 0 Å². The third-order valence-electron chi connectivity index (χ3n) is 3.73. The summed E-state index contributed by atoms with van der Waals surface area (Å²) < 4.78 is 10.5. The van der Waals surface area contributed by atoms with Crippen LogP contribution in [0.25, 0.3) is 0 Å². The first-order chi connectivity index (χ1) is 12.4. The van der Waals surface area contributed by atoms with E-state index < -0.39 is 0 Å². The van der Waals surface area contributed by atoms with Gasteiger partial charge in [-0.25, -0.2) is 0 Å². The first-order valence-corrected chi connectivity index (χ1v) is 8.34. The molecule has 0 aliphatic heterocycles. The van der Waals surface area contributed by atoms with Gasteiger partial charge in [0.05, 0.1) is 14.2 Å². The highest BCUT2D eigenvalue weighted by Crippen LogP contribution is 2.27. The lowest BCUT2D eigenvalue weighted by atomic mass is 10.1. The maximum absolute atomic E-state index is 12.3. The fourth-order valence-electron chi connectivity index (χ4n) is 2.39. The molecule has 6 nitrogen and oxygen atoms in total. The van der Waals surface area contributed by atoms with Gasteiger partial charge >= 0.3 is 0 Å². The molecule has 138 valence electrons. The predicted octanol–water partition coefficient (Wildman–Crippen LogP) is 2.77. The zero-order valence-corrected chi connectivity index (χ0v) is 15.5. The van der Waals surface area contributed by atoms with Gasteiger partial charge in [0.1, 0.15) is 0 Å². The molecule has 26 heavy (non-hydrogen) atoms. The molecule has 0 saturated carbocycles. The second-order valence-electron chi connectivity index (χ2n) is 6.08. The minimum absolute atomic E-state index is 0.0620. The van der Waals surface area contributed by atoms with E-state index in [2.05, 4.69) is 10.6 Å². The topological polar surface area (TPSA) is 76.7 Å². The van der Waals surface area contributed by atoms with Gasteiger partial charge in [-0.1, -0.05) is 6.07 Å². The van der Waals surface area contributed by atoms with Crippen molar-refractivity contribution in [1.29, 1.82) is 0 Å². The highest BCUT2D eigenvalue weighted by Gasteiger charge is 2.10. The molecule has 0 spiro atoms. The van der Waals surface area contributed by atoms with Crippen molar-refractivity contribution in [1.82, 2.24) is 10.6 Å². The Morgan fingerprint density at radius 1 is 0.885 bits per heavy atom. The number of carbonyl (C=O) groups excluding carboxylic acids is 2. The Balaban J connectivity index is 1.99. The molecule has 0 atom stereocenters. The van der Waals surface area contributed by atoms with Crippen molar-refractivity contribution in [3.63, 3.8) is 0 Å². The van der Waals surface area contributed by atoms with Crippen LogP contribution in [-0.4, -0.2) is 32.1 Å². The average molecular weight is 356 g/mol. The van der Waals surface area contributed by atoms with E-state index in [1.165, 1.54) is 0 Å². The summed E-state index contributed by atoms with van der Waals surface area (Å²) >= 11 is 0. The average Bonchev–Trinajstić information content (AvgIpc) is 2.65. The van der Waals surface area contributed by atoms with Crippen LogP contribution >= 0.6 is 0 Å². The second kappa shape index (κ2) is 8.89. The van der Waals surface area contributed by atoms with Crippen LogP contribution in [0.4, 0.5) is 0 Å². The normalized spacial score (nSPS) is 10.3. The van der Waals surface area contributed by atoms with Gasteiger partial charge in [0.15, 0.2) is 11.5 Å². The Hall–Kier alpha value is -3.02. The van der Waals surface area contributed by atoms with E-state index in [-0.39, 0.29) is 17.9 Å². The van der Waals surface area contributed by atoms with E-state index in [0.717, 1.165) is 5.56 Å². The van der Waals surface area contributed by atoms with Crippen molar-refractivity contribution < 1.29 is 19.1 Å². The molecule has 0 aliphatic carbocycles. The summed E-state index contributed by atoms with van der Waals surface area (Å²) in [5.41, 5.74) is 1.91. The van der Waals surface area contributed by atoms with Gasteiger partial charge in [-0.3, -0.25) is 9.59 Å². The van der Waals surface area contributed by atoms with Crippen LogP contribution in [0.3, 0.4) is 0 Å². The Morgan fingerprint density at radius 3 is 2.00 bits per heavy atom. The number of rotatable bonds is 7. The summed E-state index contributed by atoms with van der Waals surface area (Å²) in [5, 5.41) is 5.66. The van der Waals surface area contributed by atoms with Gasteiger partial charge in [-0.2, -0.15) is 0 Å². The first-order valence-electron chi connectivity index (χ1n) is 8.34. The Bertz CT molecular complexity index is 770. The van der Waals surface area contributed by atoms with E-state index in [1.54, 1.807) is 44.6 Å². The highest BCUT2D eigenvalue weighted by molar-refractivity contribution is 5.97. The van der Waals surface area contributed by atoms with Crippen LogP contribution in [-0.2, 0) is 6.54 Å². The minimum atomic E-state index is -0.212. The van der Waals surface area contributed by atoms with E-state index in [9.17, 15) is 9.59 Å². The van der Waals surface area contributed by atoms with Gasteiger partial charge in [0, 0.05) is 23.7 Å². The number of hydrogen-bond acceptors (Lipinski definition) is 4. The molecule has 2 aromatic rings. The van der Waals surface area contributed by atoms with Gasteiger partial charge in [-0.05, 0) is 55.8 Å². The smallest absolute Gasteiger partial charge is 0.251 e. The summed E-state index contributed by atoms with van der Waals surface area (Å²) in [6, 6.07) is 12.1. The fourth-order valence-corrected chi connectivity index (χ4v) is 2.39. The van der Waals surface area contributed by atoms with Crippen LogP contribution in [0, 0.1) is 0 Å². The molecule has 0 fully saturated rings. The zero-order valence-electron chi connectivity index (χ0n) is 15.5. The lowest BCUT2D eigenvalue weighted by molar-refractivity contribution is 0.0934. The molecule has 2 rings (SSSR count). The third-order valence-corrected chi connectivity index (χ3v) is 3.73. The Morgan fingerprint density at radius 2 is 1.46 bits per heavy atom. The van der Waals surface area contributed by atoms with Crippen LogP contribution in [0.5, 0.6) is 11.5 Å². The van der Waals surface area contributed by atoms with E-state index in [0.29, 0.717) is 29.2 Å². The first kappa shape index (κ1) is 19.3. The summed E-state index contributed by atoms with van der Waals surface area (Å²) in [7, 11) is 3.14. The third kappa shape index (κ3) is 4.99. The summed E-state index contributed by atoms with van der Waals surface area (Å²) in [6.07, 6.45) is 0. The van der Waals surface area contributed by atoms with Gasteiger partial charge in [0.25, 0.3) is 11.8 Å². The Kier molecular flexibility index (Phi) is 6.60. The van der Waals surface area contributed by atoms with Crippen molar-refractivity contribution in [2.45, 2.75) is 26.4 Å². The van der Waals surface area contributed by atoms with Crippen molar-refractivity contribution >= 4 is 11.8 Å². The molecule has 0 unspecified atom stereocenters. The molecule has 0 radical (unpaired) electrons. The van der Waals surface area contributed by atoms with E-state index >= 15 is 0 Å². The largest absolute Gasteiger partial charge is 0.493 e. The molecule has 0 saturated heterocycles. The summed E-state index contributed by atoms with van der Waals surface area (Å²) in [6.45, 7) is 4.15. The summed E-state index contributed by atoms with van der Waals surface area (Å²) in [4.78, 5) is 24.2. The lowest BCUT2D eigenvalue weighted by Gasteiger charge is -2.11. The zero-order chi connectivity index (χ0) is 19.1. The SMILES string of the molecule is COc1ccc(CNC(=O)c2ccc(C(=O)NC(C)C)cc2)cc1OC. The molecular formula is C20H24N2O4. The number of benzene rings is 2. The molecule has 0 heterocycles. The minimum Gasteiger partial charge on any atom is -0.493 e. The number of nitrogens with one attached hydrogen (secondary N) is 2. The molecule has 0 aromatic heterocycles. The van der Waals surface area contributed by atoms with E-state index in [1.807, 2.05) is 26.0 Å². The number of hydrogen-bond donors (Lipinski definition) is 2. The quantitative estimate of drug-likeness (QED) is 0.800. The van der Waals surface area contributed by atoms with Crippen molar-refractivity contribution in [2.24, 2.45) is 0 Å². The standard InChI is InChI=1S/C20H24N2O4/c1-13(2)22-20(24)16-8-6-15(7-9-16)19(23)21-12-14-5-10-17(25-3)18(11-14)26-4/h5-11,13H,12H2,1-4H3,(H,21,23)(H,22,24). The van der Waals surface area contributed by atoms with Gasteiger partial charge in [0.2, 0.25) is 0 Å². The van der Waals surface area contributed by atoms with Gasteiger partial charge in [-0.15, -0.1) is 0 Å². The number of amides is 2. The maximum Gasteiger partial charge on any atom is 0.251 e. The number of ether oxygens (including phenoxy) is 2. The van der Waals surface area contributed by atoms with Crippen LogP contribution < -0.4 is 20.1 Å². The number of methoxy groups -OCH3 is 2. The molecule has 6 heteroatoms.